The number of carbonyl (C=O) groups is 1. The summed E-state index contributed by atoms with van der Waals surface area (Å²) in [4.78, 5) is 21.8. The molecule has 0 atom stereocenters. The Kier molecular flexibility index (Phi) is 4.26. The average Bonchev–Trinajstić information content (AvgIpc) is 2.32. The van der Waals surface area contributed by atoms with Gasteiger partial charge in [-0.25, -0.2) is 13.6 Å². The van der Waals surface area contributed by atoms with Crippen LogP contribution in [0, 0.1) is 21.7 Å². The third-order valence-corrected chi connectivity index (χ3v) is 3.00. The minimum absolute atomic E-state index is 0.0188. The molecule has 1 N–H and O–H groups in total. The lowest BCUT2D eigenvalue weighted by Gasteiger charge is -2.36. The molecule has 0 aliphatic heterocycles. The van der Waals surface area contributed by atoms with Crippen molar-refractivity contribution in [3.8, 4) is 0 Å². The Labute approximate surface area is 113 Å². The van der Waals surface area contributed by atoms with Gasteiger partial charge in [0.05, 0.1) is 17.1 Å². The van der Waals surface area contributed by atoms with Crippen molar-refractivity contribution in [2.75, 3.05) is 11.4 Å². The summed E-state index contributed by atoms with van der Waals surface area (Å²) in [5.41, 5.74) is -2.88. The molecule has 8 heteroatoms. The van der Waals surface area contributed by atoms with E-state index in [0.717, 1.165) is 4.90 Å². The Bertz CT molecular complexity index is 537. The molecule has 0 saturated carbocycles. The molecule has 0 unspecified atom stereocenters. The maximum atomic E-state index is 13.9. The van der Waals surface area contributed by atoms with Crippen molar-refractivity contribution in [2.24, 2.45) is 0 Å². The largest absolute Gasteiger partial charge is 0.480 e. The summed E-state index contributed by atoms with van der Waals surface area (Å²) >= 11 is 0. The van der Waals surface area contributed by atoms with Crippen molar-refractivity contribution < 1.29 is 23.6 Å². The fraction of sp³-hybridized carbons (Fsp3) is 0.417. The summed E-state index contributed by atoms with van der Waals surface area (Å²) in [6, 6.07) is 1.14. The third-order valence-electron chi connectivity index (χ3n) is 3.00. The molecular formula is C12H14F2N2O4. The van der Waals surface area contributed by atoms with E-state index >= 15 is 0 Å². The van der Waals surface area contributed by atoms with E-state index in [0.29, 0.717) is 12.1 Å². The number of rotatable bonds is 5. The second-order valence-electron chi connectivity index (χ2n) is 4.62. The fourth-order valence-electron chi connectivity index (χ4n) is 1.86. The first-order valence-electron chi connectivity index (χ1n) is 5.77. The highest BCUT2D eigenvalue weighted by Gasteiger charge is 2.37. The number of non-ortho nitro benzene ring substituents is 1. The van der Waals surface area contributed by atoms with Crippen LogP contribution in [0.3, 0.4) is 0 Å². The van der Waals surface area contributed by atoms with Gasteiger partial charge in [-0.2, -0.15) is 0 Å². The highest BCUT2D eigenvalue weighted by atomic mass is 19.1. The van der Waals surface area contributed by atoms with E-state index in [1.54, 1.807) is 0 Å². The summed E-state index contributed by atoms with van der Waals surface area (Å²) in [6.07, 6.45) is 0. The van der Waals surface area contributed by atoms with E-state index in [1.807, 2.05) is 0 Å². The number of nitro groups is 1. The number of carboxylic acid groups (broad SMARTS) is 1. The number of anilines is 1. The number of aliphatic carboxylic acids is 1. The van der Waals surface area contributed by atoms with Gasteiger partial charge in [0.2, 0.25) is 0 Å². The Morgan fingerprint density at radius 2 is 1.85 bits per heavy atom. The third kappa shape index (κ3) is 2.68. The van der Waals surface area contributed by atoms with Gasteiger partial charge in [0.25, 0.3) is 5.69 Å². The number of likely N-dealkylation sites (N-methyl/N-ethyl adjacent to an activating group) is 1. The van der Waals surface area contributed by atoms with E-state index < -0.39 is 39.4 Å². The van der Waals surface area contributed by atoms with Gasteiger partial charge in [-0.3, -0.25) is 10.1 Å². The molecule has 1 aromatic carbocycles. The predicted molar refractivity (Wildman–Crippen MR) is 67.7 cm³/mol. The summed E-state index contributed by atoms with van der Waals surface area (Å²) in [5, 5.41) is 19.7. The molecule has 0 aliphatic carbocycles. The number of benzene rings is 1. The van der Waals surface area contributed by atoms with Crippen molar-refractivity contribution in [3.63, 3.8) is 0 Å². The fourth-order valence-corrected chi connectivity index (χ4v) is 1.86. The molecule has 1 rings (SSSR count). The Balaban J connectivity index is 3.45. The lowest BCUT2D eigenvalue weighted by atomic mass is 10.0. The Morgan fingerprint density at radius 1 is 1.40 bits per heavy atom. The van der Waals surface area contributed by atoms with E-state index in [4.69, 9.17) is 5.11 Å². The lowest BCUT2D eigenvalue weighted by molar-refractivity contribution is -0.385. The summed E-state index contributed by atoms with van der Waals surface area (Å²) in [5.74, 6) is -3.61. The minimum Gasteiger partial charge on any atom is -0.480 e. The van der Waals surface area contributed by atoms with Crippen LogP contribution in [0.1, 0.15) is 20.8 Å². The number of hydrogen-bond acceptors (Lipinski definition) is 4. The van der Waals surface area contributed by atoms with Crippen LogP contribution in [0.5, 0.6) is 0 Å². The van der Waals surface area contributed by atoms with Gasteiger partial charge in [0.15, 0.2) is 11.6 Å². The van der Waals surface area contributed by atoms with Crippen molar-refractivity contribution in [1.29, 1.82) is 0 Å². The molecule has 0 amide bonds. The average molecular weight is 288 g/mol. The highest BCUT2D eigenvalue weighted by Crippen LogP contribution is 2.32. The van der Waals surface area contributed by atoms with E-state index in [1.165, 1.54) is 20.8 Å². The van der Waals surface area contributed by atoms with E-state index in [2.05, 4.69) is 0 Å². The Hall–Kier alpha value is -2.25. The number of nitrogens with zero attached hydrogens (tertiary/aromatic N) is 2. The van der Waals surface area contributed by atoms with Gasteiger partial charge in [0.1, 0.15) is 11.2 Å². The first-order valence-corrected chi connectivity index (χ1v) is 5.77. The molecule has 0 heterocycles. The smallest absolute Gasteiger partial charge is 0.328 e. The zero-order valence-electron chi connectivity index (χ0n) is 11.2. The zero-order valence-corrected chi connectivity index (χ0v) is 11.2. The van der Waals surface area contributed by atoms with E-state index in [-0.39, 0.29) is 6.54 Å². The first-order chi connectivity index (χ1) is 9.12. The molecule has 6 nitrogen and oxygen atoms in total. The van der Waals surface area contributed by atoms with Crippen LogP contribution in [-0.4, -0.2) is 28.1 Å². The van der Waals surface area contributed by atoms with Crippen LogP contribution >= 0.6 is 0 Å². The van der Waals surface area contributed by atoms with Gasteiger partial charge in [-0.1, -0.05) is 0 Å². The van der Waals surface area contributed by atoms with Crippen LogP contribution in [0.15, 0.2) is 12.1 Å². The molecule has 0 bridgehead atoms. The van der Waals surface area contributed by atoms with Crippen molar-refractivity contribution in [2.45, 2.75) is 26.3 Å². The van der Waals surface area contributed by atoms with Crippen LogP contribution in [0.25, 0.3) is 0 Å². The molecular weight excluding hydrogens is 274 g/mol. The molecule has 0 spiro atoms. The second-order valence-corrected chi connectivity index (χ2v) is 4.62. The maximum absolute atomic E-state index is 13.9. The normalized spacial score (nSPS) is 11.2. The van der Waals surface area contributed by atoms with Crippen LogP contribution in [0.2, 0.25) is 0 Å². The minimum atomic E-state index is -1.56. The summed E-state index contributed by atoms with van der Waals surface area (Å²) in [6.45, 7) is 4.13. The number of carboxylic acids is 1. The maximum Gasteiger partial charge on any atom is 0.328 e. The topological polar surface area (TPSA) is 83.7 Å². The van der Waals surface area contributed by atoms with Crippen LogP contribution in [-0.2, 0) is 4.79 Å². The zero-order chi connectivity index (χ0) is 15.7. The molecule has 0 fully saturated rings. The molecule has 0 aromatic heterocycles. The monoisotopic (exact) mass is 288 g/mol. The van der Waals surface area contributed by atoms with Crippen molar-refractivity contribution in [1.82, 2.24) is 0 Å². The first kappa shape index (κ1) is 15.8. The molecule has 20 heavy (non-hydrogen) atoms. The number of hydrogen-bond donors (Lipinski definition) is 1. The lowest BCUT2D eigenvalue weighted by Crippen LogP contribution is -2.51. The molecule has 0 saturated heterocycles. The summed E-state index contributed by atoms with van der Waals surface area (Å²) in [7, 11) is 0. The molecule has 0 radical (unpaired) electrons. The van der Waals surface area contributed by atoms with Crippen LogP contribution in [0.4, 0.5) is 20.2 Å². The number of halogens is 2. The van der Waals surface area contributed by atoms with Gasteiger partial charge in [0, 0.05) is 6.54 Å². The van der Waals surface area contributed by atoms with Crippen molar-refractivity contribution in [3.05, 3.63) is 33.9 Å². The Morgan fingerprint density at radius 3 is 2.15 bits per heavy atom. The molecule has 1 aromatic rings. The van der Waals surface area contributed by atoms with Gasteiger partial charge in [-0.05, 0) is 20.8 Å². The van der Waals surface area contributed by atoms with Gasteiger partial charge >= 0.3 is 5.97 Å². The summed E-state index contributed by atoms with van der Waals surface area (Å²) < 4.78 is 27.8. The molecule has 110 valence electrons. The SMILES string of the molecule is CCN(c1c(F)cc([N+](=O)[O-])cc1F)C(C)(C)C(=O)O. The number of nitro benzene ring substituents is 1. The highest BCUT2D eigenvalue weighted by molar-refractivity contribution is 5.82. The van der Waals surface area contributed by atoms with E-state index in [9.17, 15) is 23.7 Å². The second kappa shape index (κ2) is 5.40. The van der Waals surface area contributed by atoms with Crippen molar-refractivity contribution >= 4 is 17.3 Å². The van der Waals surface area contributed by atoms with Gasteiger partial charge in [-0.15, -0.1) is 0 Å². The molecule has 0 aliphatic rings. The standard InChI is InChI=1S/C12H14F2N2O4/c1-4-15(12(2,3)11(17)18)10-8(13)5-7(16(19)20)6-9(10)14/h5-6H,4H2,1-3H3,(H,17,18). The van der Waals surface area contributed by atoms with Crippen LogP contribution < -0.4 is 4.90 Å². The quantitative estimate of drug-likeness (QED) is 0.665. The predicted octanol–water partition coefficient (Wildman–Crippen LogP) is 2.56. The van der Waals surface area contributed by atoms with Gasteiger partial charge < -0.3 is 10.0 Å².